The van der Waals surface area contributed by atoms with E-state index in [0.717, 1.165) is 39.5 Å². The molecule has 0 radical (unpaired) electrons. The summed E-state index contributed by atoms with van der Waals surface area (Å²) in [7, 11) is 3.66. The number of nitrogens with zero attached hydrogens (tertiary/aromatic N) is 3. The van der Waals surface area contributed by atoms with Gasteiger partial charge < -0.3 is 14.8 Å². The molecule has 1 aliphatic heterocycles. The molecule has 1 saturated heterocycles. The Morgan fingerprint density at radius 1 is 1.25 bits per heavy atom. The zero-order chi connectivity index (χ0) is 22.8. The lowest BCUT2D eigenvalue weighted by atomic mass is 9.99. The van der Waals surface area contributed by atoms with Crippen LogP contribution in [-0.2, 0) is 0 Å². The molecule has 0 saturated carbocycles. The van der Waals surface area contributed by atoms with Gasteiger partial charge in [0.15, 0.2) is 11.5 Å². The predicted molar refractivity (Wildman–Crippen MR) is 142 cm³/mol. The minimum absolute atomic E-state index is 0.0107. The molecule has 0 bridgehead atoms. The second kappa shape index (κ2) is 9.91. The number of likely N-dealkylation sites (tertiary alicyclic amines) is 1. The summed E-state index contributed by atoms with van der Waals surface area (Å²) in [6.07, 6.45) is 3.12. The summed E-state index contributed by atoms with van der Waals surface area (Å²) in [6, 6.07) is 9.94. The van der Waals surface area contributed by atoms with Crippen LogP contribution in [0.5, 0.6) is 11.5 Å². The third-order valence-corrected chi connectivity index (χ3v) is 8.72. The van der Waals surface area contributed by atoms with Gasteiger partial charge in [-0.2, -0.15) is 0 Å². The molecule has 8 nitrogen and oxygen atoms in total. The van der Waals surface area contributed by atoms with Crippen molar-refractivity contribution in [1.29, 1.82) is 0 Å². The summed E-state index contributed by atoms with van der Waals surface area (Å²) in [5.41, 5.74) is 7.67. The molecular formula is C22H25I2N6O2+. The molecule has 2 atom stereocenters. The number of hydrogen-bond acceptors (Lipinski definition) is 6. The first-order valence-corrected chi connectivity index (χ1v) is 12.3. The Morgan fingerprint density at radius 2 is 2.06 bits per heavy atom. The number of aromatic nitrogens is 2. The molecule has 32 heavy (non-hydrogen) atoms. The quantitative estimate of drug-likeness (QED) is 0.212. The monoisotopic (exact) mass is 659 g/mol. The lowest BCUT2D eigenvalue weighted by Gasteiger charge is -2.34. The van der Waals surface area contributed by atoms with Gasteiger partial charge in [-0.3, -0.25) is 16.0 Å². The molecule has 0 spiro atoms. The van der Waals surface area contributed by atoms with Gasteiger partial charge in [0.1, 0.15) is 24.3 Å². The van der Waals surface area contributed by atoms with Crippen LogP contribution in [0, 0.1) is 7.14 Å². The molecule has 2 unspecified atom stereocenters. The standard InChI is InChI=1S/C22H24I2N6O2/c1-30-7-6-12(8-17(30)21(25)26)32-19-9-13-16(10-18(19)31-2)27-11-28-22(13)29-15-5-3-4-14(23)20(15)24/h3-5,9-12,17H,6-8H2,1-2H3,(H3,25,26)(H,27,28,29)/p+1. The van der Waals surface area contributed by atoms with Gasteiger partial charge in [-0.1, -0.05) is 6.07 Å². The third kappa shape index (κ3) is 4.86. The van der Waals surface area contributed by atoms with Crippen LogP contribution in [0.3, 0.4) is 0 Å². The third-order valence-electron chi connectivity index (χ3n) is 5.63. The van der Waals surface area contributed by atoms with Crippen LogP contribution in [-0.4, -0.2) is 53.6 Å². The van der Waals surface area contributed by atoms with Crippen molar-refractivity contribution in [1.82, 2.24) is 14.9 Å². The number of rotatable bonds is 6. The highest BCUT2D eigenvalue weighted by molar-refractivity contribution is 14.1. The van der Waals surface area contributed by atoms with Gasteiger partial charge in [0.25, 0.3) is 5.84 Å². The molecule has 168 valence electrons. The fourth-order valence-corrected chi connectivity index (χ4v) is 4.86. The van der Waals surface area contributed by atoms with Crippen molar-refractivity contribution < 1.29 is 14.9 Å². The molecule has 1 aliphatic rings. The van der Waals surface area contributed by atoms with E-state index in [4.69, 9.17) is 20.6 Å². The molecule has 4 rings (SSSR count). The van der Waals surface area contributed by atoms with E-state index >= 15 is 0 Å². The summed E-state index contributed by atoms with van der Waals surface area (Å²) in [4.78, 5) is 11.1. The minimum Gasteiger partial charge on any atom is -0.493 e. The van der Waals surface area contributed by atoms with Crippen LogP contribution in [0.2, 0.25) is 0 Å². The molecule has 3 aromatic rings. The molecule has 1 aromatic heterocycles. The first kappa shape index (κ1) is 23.2. The van der Waals surface area contributed by atoms with Crippen LogP contribution in [0.4, 0.5) is 11.5 Å². The number of nitrogens with two attached hydrogens (primary N) is 2. The van der Waals surface area contributed by atoms with E-state index in [1.165, 1.54) is 3.57 Å². The zero-order valence-electron chi connectivity index (χ0n) is 17.8. The maximum atomic E-state index is 6.40. The first-order chi connectivity index (χ1) is 15.4. The summed E-state index contributed by atoms with van der Waals surface area (Å²) < 4.78 is 14.3. The number of likely N-dealkylation sites (N-methyl/N-ethyl adjacent to an activating group) is 1. The molecule has 5 N–H and O–H groups in total. The number of hydrogen-bond donors (Lipinski definition) is 3. The Labute approximate surface area is 214 Å². The maximum Gasteiger partial charge on any atom is 0.256 e. The zero-order valence-corrected chi connectivity index (χ0v) is 22.1. The number of methoxy groups -OCH3 is 1. The number of piperidine rings is 1. The number of anilines is 2. The van der Waals surface area contributed by atoms with Crippen molar-refractivity contribution in [3.63, 3.8) is 0 Å². The van der Waals surface area contributed by atoms with Crippen LogP contribution in [0.1, 0.15) is 12.8 Å². The average Bonchev–Trinajstić information content (AvgIpc) is 2.78. The van der Waals surface area contributed by atoms with E-state index in [1.54, 1.807) is 13.4 Å². The van der Waals surface area contributed by atoms with Crippen LogP contribution < -0.4 is 25.9 Å². The fraction of sp³-hybridized carbons (Fsp3) is 0.318. The number of halogens is 2. The van der Waals surface area contributed by atoms with Crippen molar-refractivity contribution in [2.24, 2.45) is 5.73 Å². The average molecular weight is 659 g/mol. The Hall–Kier alpha value is -1.93. The topological polar surface area (TPSA) is 111 Å². The van der Waals surface area contributed by atoms with Crippen molar-refractivity contribution in [2.75, 3.05) is 26.0 Å². The molecule has 0 amide bonds. The minimum atomic E-state index is -0.0256. The van der Waals surface area contributed by atoms with Crippen molar-refractivity contribution in [2.45, 2.75) is 25.0 Å². The van der Waals surface area contributed by atoms with Gasteiger partial charge in [-0.25, -0.2) is 9.97 Å². The molecule has 2 aromatic carbocycles. The van der Waals surface area contributed by atoms with E-state index in [-0.39, 0.29) is 12.1 Å². The second-order valence-corrected chi connectivity index (χ2v) is 9.97. The van der Waals surface area contributed by atoms with Gasteiger partial charge in [-0.05, 0) is 76.8 Å². The van der Waals surface area contributed by atoms with Gasteiger partial charge >= 0.3 is 0 Å². The SMILES string of the molecule is COc1cc2ncnc(Nc3cccc(I)c3I)c2cc1OC1CCN(C)C(C(N)=[NH2+])C1. The number of amidine groups is 1. The molecule has 2 heterocycles. The Morgan fingerprint density at radius 3 is 2.81 bits per heavy atom. The first-order valence-electron chi connectivity index (χ1n) is 10.2. The number of nitrogens with one attached hydrogen (secondary N) is 1. The van der Waals surface area contributed by atoms with E-state index in [9.17, 15) is 0 Å². The second-order valence-electron chi connectivity index (χ2n) is 7.73. The highest BCUT2D eigenvalue weighted by Gasteiger charge is 2.32. The summed E-state index contributed by atoms with van der Waals surface area (Å²) in [5.74, 6) is 2.41. The number of benzene rings is 2. The van der Waals surface area contributed by atoms with Crippen molar-refractivity contribution >= 4 is 73.4 Å². The highest BCUT2D eigenvalue weighted by atomic mass is 127. The van der Waals surface area contributed by atoms with E-state index in [1.807, 2.05) is 31.3 Å². The molecule has 1 fully saturated rings. The van der Waals surface area contributed by atoms with Gasteiger partial charge in [0.2, 0.25) is 0 Å². The lowest BCUT2D eigenvalue weighted by Crippen LogP contribution is -2.60. The maximum absolute atomic E-state index is 6.40. The Balaban J connectivity index is 1.68. The van der Waals surface area contributed by atoms with Crippen molar-refractivity contribution in [3.8, 4) is 11.5 Å². The molecule has 0 aliphatic carbocycles. The van der Waals surface area contributed by atoms with Crippen LogP contribution >= 0.6 is 45.2 Å². The van der Waals surface area contributed by atoms with Crippen LogP contribution in [0.25, 0.3) is 10.9 Å². The molecule has 10 heteroatoms. The number of ether oxygens (including phenoxy) is 2. The van der Waals surface area contributed by atoms with E-state index in [2.05, 4.69) is 71.4 Å². The van der Waals surface area contributed by atoms with Gasteiger partial charge in [0, 0.05) is 31.6 Å². The number of fused-ring (bicyclic) bond motifs is 1. The highest BCUT2D eigenvalue weighted by Crippen LogP contribution is 2.37. The predicted octanol–water partition coefficient (Wildman–Crippen LogP) is 2.55. The lowest BCUT2D eigenvalue weighted by molar-refractivity contribution is -0.125. The van der Waals surface area contributed by atoms with Gasteiger partial charge in [-0.15, -0.1) is 0 Å². The smallest absolute Gasteiger partial charge is 0.256 e. The summed E-state index contributed by atoms with van der Waals surface area (Å²) in [5, 5.41) is 10.2. The van der Waals surface area contributed by atoms with E-state index in [0.29, 0.717) is 23.2 Å². The summed E-state index contributed by atoms with van der Waals surface area (Å²) >= 11 is 4.66. The fourth-order valence-electron chi connectivity index (χ4n) is 3.87. The summed E-state index contributed by atoms with van der Waals surface area (Å²) in [6.45, 7) is 0.851. The van der Waals surface area contributed by atoms with Crippen LogP contribution in [0.15, 0.2) is 36.7 Å². The Bertz CT molecular complexity index is 1160. The Kier molecular flexibility index (Phi) is 7.20. The normalized spacial score (nSPS) is 19.0. The van der Waals surface area contributed by atoms with Crippen molar-refractivity contribution in [3.05, 3.63) is 43.8 Å². The molecular weight excluding hydrogens is 634 g/mol. The van der Waals surface area contributed by atoms with E-state index < -0.39 is 0 Å². The van der Waals surface area contributed by atoms with Gasteiger partial charge in [0.05, 0.1) is 18.3 Å². The largest absolute Gasteiger partial charge is 0.493 e.